The zero-order valence-electron chi connectivity index (χ0n) is 3.96. The van der Waals surface area contributed by atoms with Gasteiger partial charge in [0.2, 0.25) is 0 Å². The monoisotopic (exact) mass is 141 g/mol. The normalized spacial score (nSPS) is 9.00. The molecule has 0 spiro atoms. The van der Waals surface area contributed by atoms with Gasteiger partial charge >= 0.3 is 6.08 Å². The van der Waals surface area contributed by atoms with E-state index in [2.05, 4.69) is 12.6 Å². The Morgan fingerprint density at radius 3 is 1.88 bits per heavy atom. The van der Waals surface area contributed by atoms with Gasteiger partial charge in [0.25, 0.3) is 0 Å². The smallest absolute Gasteiger partial charge is 0.206 e. The number of rotatable bonds is 2. The van der Waals surface area contributed by atoms with Gasteiger partial charge in [0, 0.05) is 12.2 Å². The number of hydrogen-bond acceptors (Lipinski definition) is 0. The molecule has 0 amide bonds. The predicted octanol–water partition coefficient (Wildman–Crippen LogP) is 2.65. The van der Waals surface area contributed by atoms with Gasteiger partial charge in [-0.25, -0.2) is 4.39 Å². The molecule has 0 bridgehead atoms. The Morgan fingerprint density at radius 2 is 1.75 bits per heavy atom. The molecule has 4 heteroatoms. The molecule has 0 saturated heterocycles. The summed E-state index contributed by atoms with van der Waals surface area (Å²) in [5.41, 5.74) is 0. The minimum atomic E-state index is -2.25. The van der Waals surface area contributed by atoms with Crippen LogP contribution < -0.4 is 0 Å². The summed E-state index contributed by atoms with van der Waals surface area (Å²) in [5.74, 6) is -1.39. The quantitative estimate of drug-likeness (QED) is 0.554. The molecular weight excluding hydrogens is 137 g/mol. The SMILES string of the molecule is FC(F)=C(F)CC[S]. The van der Waals surface area contributed by atoms with Gasteiger partial charge < -0.3 is 0 Å². The minimum absolute atomic E-state index is 0.00315. The summed E-state index contributed by atoms with van der Waals surface area (Å²) in [6, 6.07) is 0. The van der Waals surface area contributed by atoms with Gasteiger partial charge in [-0.2, -0.15) is 8.78 Å². The van der Waals surface area contributed by atoms with Crippen LogP contribution in [-0.2, 0) is 0 Å². The van der Waals surface area contributed by atoms with Crippen LogP contribution >= 0.6 is 12.6 Å². The first kappa shape index (κ1) is 7.88. The molecule has 0 unspecified atom stereocenters. The number of halogens is 3. The molecule has 0 atom stereocenters. The molecule has 1 radical (unpaired) electrons. The van der Waals surface area contributed by atoms with Crippen LogP contribution in [0.3, 0.4) is 0 Å². The zero-order chi connectivity index (χ0) is 6.57. The highest BCUT2D eigenvalue weighted by atomic mass is 32.1. The van der Waals surface area contributed by atoms with Crippen LogP contribution in [0.4, 0.5) is 13.2 Å². The van der Waals surface area contributed by atoms with Gasteiger partial charge in [0.1, 0.15) is 0 Å². The highest BCUT2D eigenvalue weighted by Gasteiger charge is 2.01. The van der Waals surface area contributed by atoms with Crippen molar-refractivity contribution in [3.63, 3.8) is 0 Å². The number of allylic oxidation sites excluding steroid dienone is 1. The third-order valence-electron chi connectivity index (χ3n) is 0.527. The molecule has 47 valence electrons. The maximum Gasteiger partial charge on any atom is 0.301 e. The summed E-state index contributed by atoms with van der Waals surface area (Å²) in [4.78, 5) is 0. The second-order valence-corrected chi connectivity index (χ2v) is 1.53. The zero-order valence-corrected chi connectivity index (χ0v) is 4.77. The van der Waals surface area contributed by atoms with Gasteiger partial charge in [-0.15, -0.1) is 0 Å². The third kappa shape index (κ3) is 2.96. The molecule has 0 aliphatic carbocycles. The van der Waals surface area contributed by atoms with Crippen molar-refractivity contribution in [2.24, 2.45) is 0 Å². The van der Waals surface area contributed by atoms with E-state index in [9.17, 15) is 13.2 Å². The molecule has 0 rings (SSSR count). The van der Waals surface area contributed by atoms with Crippen LogP contribution in [0, 0.1) is 0 Å². The van der Waals surface area contributed by atoms with Gasteiger partial charge in [-0.1, -0.05) is 12.6 Å². The molecule has 0 aliphatic rings. The van der Waals surface area contributed by atoms with Crippen molar-refractivity contribution in [2.75, 3.05) is 5.75 Å². The summed E-state index contributed by atoms with van der Waals surface area (Å²) >= 11 is 4.24. The van der Waals surface area contributed by atoms with E-state index in [0.717, 1.165) is 0 Å². The van der Waals surface area contributed by atoms with Crippen molar-refractivity contribution in [3.8, 4) is 0 Å². The molecule has 0 saturated carbocycles. The Labute approximate surface area is 50.8 Å². The van der Waals surface area contributed by atoms with Crippen LogP contribution in [0.1, 0.15) is 6.42 Å². The summed E-state index contributed by atoms with van der Waals surface area (Å²) in [5, 5.41) is 0. The van der Waals surface area contributed by atoms with E-state index in [1.807, 2.05) is 0 Å². The van der Waals surface area contributed by atoms with E-state index in [1.165, 1.54) is 0 Å². The van der Waals surface area contributed by atoms with Gasteiger partial charge in [-0.05, 0) is 0 Å². The lowest BCUT2D eigenvalue weighted by Crippen LogP contribution is -1.76. The second-order valence-electron chi connectivity index (χ2n) is 1.12. The fraction of sp³-hybridized carbons (Fsp3) is 0.500. The van der Waals surface area contributed by atoms with Gasteiger partial charge in [-0.3, -0.25) is 0 Å². The van der Waals surface area contributed by atoms with Crippen molar-refractivity contribution in [1.82, 2.24) is 0 Å². The first-order chi connectivity index (χ1) is 3.68. The van der Waals surface area contributed by atoms with Crippen molar-refractivity contribution < 1.29 is 13.2 Å². The van der Waals surface area contributed by atoms with Crippen LogP contribution in [0.2, 0.25) is 0 Å². The van der Waals surface area contributed by atoms with Gasteiger partial charge in [0.05, 0.1) is 0 Å². The second kappa shape index (κ2) is 3.83. The molecule has 0 nitrogen and oxygen atoms in total. The average Bonchev–Trinajstić information content (AvgIpc) is 1.67. The standard InChI is InChI=1S/C4H4F3S/c5-3(1-2-8)4(6)7/h1-2H2. The van der Waals surface area contributed by atoms with Crippen LogP contribution in [0.5, 0.6) is 0 Å². The van der Waals surface area contributed by atoms with Crippen molar-refractivity contribution >= 4 is 12.6 Å². The molecule has 8 heavy (non-hydrogen) atoms. The van der Waals surface area contributed by atoms with E-state index in [-0.39, 0.29) is 12.2 Å². The minimum Gasteiger partial charge on any atom is -0.206 e. The largest absolute Gasteiger partial charge is 0.301 e. The van der Waals surface area contributed by atoms with E-state index in [1.54, 1.807) is 0 Å². The molecule has 0 aromatic heterocycles. The molecule has 0 heterocycles. The Hall–Kier alpha value is -0.120. The lowest BCUT2D eigenvalue weighted by atomic mass is 10.4. The van der Waals surface area contributed by atoms with Gasteiger partial charge in [0.15, 0.2) is 5.83 Å². The van der Waals surface area contributed by atoms with Crippen LogP contribution in [-0.4, -0.2) is 5.75 Å². The molecule has 0 fully saturated rings. The lowest BCUT2D eigenvalue weighted by Gasteiger charge is -1.86. The van der Waals surface area contributed by atoms with E-state index in [4.69, 9.17) is 0 Å². The first-order valence-corrected chi connectivity index (χ1v) is 2.54. The average molecular weight is 141 g/mol. The highest BCUT2D eigenvalue weighted by Crippen LogP contribution is 2.12. The first-order valence-electron chi connectivity index (χ1n) is 1.96. The van der Waals surface area contributed by atoms with Crippen molar-refractivity contribution in [1.29, 1.82) is 0 Å². The Kier molecular flexibility index (Phi) is 3.77. The molecule has 0 aliphatic heterocycles. The Bertz CT molecular complexity index is 95.5. The molecule has 0 aromatic carbocycles. The summed E-state index contributed by atoms with van der Waals surface area (Å²) in [7, 11) is 0. The fourth-order valence-electron chi connectivity index (χ4n) is 0.184. The highest BCUT2D eigenvalue weighted by molar-refractivity contribution is 7.80. The maximum absolute atomic E-state index is 11.6. The molecular formula is C4H4F3S. The van der Waals surface area contributed by atoms with E-state index >= 15 is 0 Å². The summed E-state index contributed by atoms with van der Waals surface area (Å²) in [6.45, 7) is 0. The third-order valence-corrected chi connectivity index (χ3v) is 0.731. The lowest BCUT2D eigenvalue weighted by molar-refractivity contribution is 0.373. The predicted molar refractivity (Wildman–Crippen MR) is 27.4 cm³/mol. The maximum atomic E-state index is 11.6. The van der Waals surface area contributed by atoms with E-state index in [0.29, 0.717) is 0 Å². The fourth-order valence-corrected chi connectivity index (χ4v) is 0.363. The Balaban J connectivity index is 3.62. The van der Waals surface area contributed by atoms with Crippen LogP contribution in [0.15, 0.2) is 11.9 Å². The summed E-state index contributed by atoms with van der Waals surface area (Å²) in [6.07, 6.45) is -2.59. The molecule has 0 aromatic rings. The van der Waals surface area contributed by atoms with E-state index < -0.39 is 11.9 Å². The van der Waals surface area contributed by atoms with Crippen LogP contribution in [0.25, 0.3) is 0 Å². The van der Waals surface area contributed by atoms with Crippen molar-refractivity contribution in [2.45, 2.75) is 6.42 Å². The van der Waals surface area contributed by atoms with Crippen molar-refractivity contribution in [3.05, 3.63) is 11.9 Å². The molecule has 0 N–H and O–H groups in total. The topological polar surface area (TPSA) is 0 Å². The number of hydrogen-bond donors (Lipinski definition) is 0. The summed E-state index contributed by atoms with van der Waals surface area (Å²) < 4.78 is 33.7. The Morgan fingerprint density at radius 1 is 1.25 bits per heavy atom.